The Hall–Kier alpha value is -3.00. The largest absolute Gasteiger partial charge is 0.508 e. The molecule has 8 heteroatoms. The number of benzene rings is 2. The zero-order valence-electron chi connectivity index (χ0n) is 17.5. The Morgan fingerprint density at radius 2 is 1.58 bits per heavy atom. The highest BCUT2D eigenvalue weighted by atomic mass is 32.1. The molecule has 0 aliphatic heterocycles. The standard InChI is InChI=1S/C23H28N2O5S/c1-3-14(2)20(31)22(28)25-19(16-7-5-4-6-8-16)21(27)24-18(23(29)30)13-15-9-11-17(26)12-10-15/h4-12,14,18-20,26,31H,3,13H2,1-2H3,(H,24,27)(H,25,28)(H,29,30)/t14?,18-,19?,20?/m0/s1. The smallest absolute Gasteiger partial charge is 0.326 e. The van der Waals surface area contributed by atoms with Crippen LogP contribution in [0.3, 0.4) is 0 Å². The van der Waals surface area contributed by atoms with Crippen molar-refractivity contribution >= 4 is 30.4 Å². The number of aliphatic carboxylic acids is 1. The number of aromatic hydroxyl groups is 1. The molecule has 4 N–H and O–H groups in total. The molecule has 0 fully saturated rings. The van der Waals surface area contributed by atoms with Crippen molar-refractivity contribution in [2.75, 3.05) is 0 Å². The second-order valence-electron chi connectivity index (χ2n) is 7.45. The number of thiol groups is 1. The molecule has 2 rings (SSSR count). The Kier molecular flexibility index (Phi) is 8.93. The molecule has 0 aliphatic carbocycles. The predicted molar refractivity (Wildman–Crippen MR) is 121 cm³/mol. The van der Waals surface area contributed by atoms with Crippen molar-refractivity contribution in [3.8, 4) is 5.75 Å². The van der Waals surface area contributed by atoms with Crippen molar-refractivity contribution in [3.63, 3.8) is 0 Å². The summed E-state index contributed by atoms with van der Waals surface area (Å²) in [5.74, 6) is -2.16. The van der Waals surface area contributed by atoms with Crippen LogP contribution in [0.1, 0.15) is 37.4 Å². The number of phenolic OH excluding ortho intramolecular Hbond substituents is 1. The monoisotopic (exact) mass is 444 g/mol. The van der Waals surface area contributed by atoms with E-state index in [-0.39, 0.29) is 18.1 Å². The van der Waals surface area contributed by atoms with Gasteiger partial charge in [-0.15, -0.1) is 0 Å². The van der Waals surface area contributed by atoms with Crippen LogP contribution in [0.2, 0.25) is 0 Å². The Bertz CT molecular complexity index is 889. The number of carbonyl (C=O) groups excluding carboxylic acids is 2. The third-order valence-electron chi connectivity index (χ3n) is 5.12. The number of hydrogen-bond acceptors (Lipinski definition) is 5. The fraction of sp³-hybridized carbons (Fsp3) is 0.348. The molecule has 0 radical (unpaired) electrons. The van der Waals surface area contributed by atoms with Gasteiger partial charge >= 0.3 is 5.97 Å². The summed E-state index contributed by atoms with van der Waals surface area (Å²) in [6, 6.07) is 12.4. The zero-order chi connectivity index (χ0) is 23.0. The van der Waals surface area contributed by atoms with Crippen molar-refractivity contribution in [2.24, 2.45) is 5.92 Å². The number of nitrogens with one attached hydrogen (secondary N) is 2. The summed E-state index contributed by atoms with van der Waals surface area (Å²) in [6.45, 7) is 3.84. The molecule has 4 atom stereocenters. The molecule has 0 heterocycles. The first kappa shape index (κ1) is 24.3. The lowest BCUT2D eigenvalue weighted by Gasteiger charge is -2.24. The summed E-state index contributed by atoms with van der Waals surface area (Å²) in [7, 11) is 0. The summed E-state index contributed by atoms with van der Waals surface area (Å²) in [5.41, 5.74) is 1.17. The van der Waals surface area contributed by atoms with Crippen LogP contribution in [0, 0.1) is 5.92 Å². The number of hydrogen-bond donors (Lipinski definition) is 5. The van der Waals surface area contributed by atoms with Crippen LogP contribution in [-0.2, 0) is 20.8 Å². The molecule has 2 amide bonds. The first-order valence-corrected chi connectivity index (χ1v) is 10.6. The van der Waals surface area contributed by atoms with Crippen LogP contribution in [0.15, 0.2) is 54.6 Å². The maximum atomic E-state index is 13.0. The van der Waals surface area contributed by atoms with Gasteiger partial charge in [-0.25, -0.2) is 4.79 Å². The van der Waals surface area contributed by atoms with Gasteiger partial charge in [0.15, 0.2) is 0 Å². The fourth-order valence-corrected chi connectivity index (χ4v) is 3.26. The summed E-state index contributed by atoms with van der Waals surface area (Å²) in [6.07, 6.45) is 0.774. The van der Waals surface area contributed by atoms with Gasteiger partial charge in [0, 0.05) is 6.42 Å². The highest BCUT2D eigenvalue weighted by molar-refractivity contribution is 7.81. The van der Waals surface area contributed by atoms with Gasteiger partial charge in [0.2, 0.25) is 11.8 Å². The van der Waals surface area contributed by atoms with Crippen LogP contribution in [0.25, 0.3) is 0 Å². The van der Waals surface area contributed by atoms with Gasteiger partial charge in [0.1, 0.15) is 17.8 Å². The number of amides is 2. The van der Waals surface area contributed by atoms with Crippen LogP contribution in [-0.4, -0.2) is 39.3 Å². The number of carboxylic acids is 1. The molecular formula is C23H28N2O5S. The van der Waals surface area contributed by atoms with Crippen molar-refractivity contribution in [1.82, 2.24) is 10.6 Å². The van der Waals surface area contributed by atoms with E-state index in [2.05, 4.69) is 23.3 Å². The normalized spacial score (nSPS) is 14.7. The molecule has 7 nitrogen and oxygen atoms in total. The van der Waals surface area contributed by atoms with Crippen molar-refractivity contribution in [3.05, 3.63) is 65.7 Å². The maximum absolute atomic E-state index is 13.0. The van der Waals surface area contributed by atoms with Crippen LogP contribution < -0.4 is 10.6 Å². The predicted octanol–water partition coefficient (Wildman–Crippen LogP) is 2.71. The van der Waals surface area contributed by atoms with Crippen LogP contribution in [0.5, 0.6) is 5.75 Å². The van der Waals surface area contributed by atoms with Gasteiger partial charge in [0.05, 0.1) is 5.25 Å². The summed E-state index contributed by atoms with van der Waals surface area (Å²) >= 11 is 4.37. The molecule has 0 aromatic heterocycles. The van der Waals surface area contributed by atoms with Crippen LogP contribution >= 0.6 is 12.6 Å². The minimum Gasteiger partial charge on any atom is -0.508 e. The molecule has 2 aromatic rings. The summed E-state index contributed by atoms with van der Waals surface area (Å²) in [5, 5.41) is 23.6. The molecule has 0 aliphatic rings. The SMILES string of the molecule is CCC(C)C(S)C(=O)NC(C(=O)N[C@@H](Cc1ccc(O)cc1)C(=O)O)c1ccccc1. The minimum absolute atomic E-state index is 0.00378. The van der Waals surface area contributed by atoms with Gasteiger partial charge in [0.25, 0.3) is 0 Å². The van der Waals surface area contributed by atoms with E-state index >= 15 is 0 Å². The van der Waals surface area contributed by atoms with Crippen molar-refractivity contribution in [1.29, 1.82) is 0 Å². The average Bonchev–Trinajstić information content (AvgIpc) is 2.77. The Morgan fingerprint density at radius 1 is 0.968 bits per heavy atom. The summed E-state index contributed by atoms with van der Waals surface area (Å²) < 4.78 is 0. The van der Waals surface area contributed by atoms with Gasteiger partial charge in [-0.1, -0.05) is 62.7 Å². The first-order chi connectivity index (χ1) is 14.7. The lowest BCUT2D eigenvalue weighted by Crippen LogP contribution is -2.49. The summed E-state index contributed by atoms with van der Waals surface area (Å²) in [4.78, 5) is 37.5. The third kappa shape index (κ3) is 7.03. The average molecular weight is 445 g/mol. The molecule has 0 bridgehead atoms. The molecular weight excluding hydrogens is 416 g/mol. The fourth-order valence-electron chi connectivity index (χ4n) is 2.98. The van der Waals surface area contributed by atoms with E-state index in [1.165, 1.54) is 12.1 Å². The number of carboxylic acid groups (broad SMARTS) is 1. The third-order valence-corrected chi connectivity index (χ3v) is 5.87. The van der Waals surface area contributed by atoms with Crippen LogP contribution in [0.4, 0.5) is 0 Å². The zero-order valence-corrected chi connectivity index (χ0v) is 18.4. The Balaban J connectivity index is 2.21. The highest BCUT2D eigenvalue weighted by Crippen LogP contribution is 2.19. The second-order valence-corrected chi connectivity index (χ2v) is 8.01. The van der Waals surface area contributed by atoms with Gasteiger partial charge in [-0.2, -0.15) is 12.6 Å². The lowest BCUT2D eigenvalue weighted by molar-refractivity contribution is -0.142. The minimum atomic E-state index is -1.21. The topological polar surface area (TPSA) is 116 Å². The van der Waals surface area contributed by atoms with E-state index in [1.54, 1.807) is 42.5 Å². The van der Waals surface area contributed by atoms with E-state index in [0.29, 0.717) is 11.1 Å². The van der Waals surface area contributed by atoms with E-state index < -0.39 is 35.1 Å². The maximum Gasteiger partial charge on any atom is 0.326 e. The molecule has 166 valence electrons. The van der Waals surface area contributed by atoms with E-state index in [0.717, 1.165) is 6.42 Å². The first-order valence-electron chi connectivity index (χ1n) is 10.1. The number of rotatable bonds is 10. The number of phenols is 1. The van der Waals surface area contributed by atoms with Crippen molar-refractivity contribution < 1.29 is 24.6 Å². The van der Waals surface area contributed by atoms with Gasteiger partial charge in [-0.05, 0) is 29.2 Å². The Labute approximate surface area is 187 Å². The molecule has 0 saturated carbocycles. The molecule has 2 aromatic carbocycles. The number of carbonyl (C=O) groups is 3. The van der Waals surface area contributed by atoms with Gasteiger partial charge in [-0.3, -0.25) is 9.59 Å². The molecule has 0 spiro atoms. The molecule has 0 saturated heterocycles. The molecule has 31 heavy (non-hydrogen) atoms. The quantitative estimate of drug-likeness (QED) is 0.362. The molecule has 3 unspecified atom stereocenters. The van der Waals surface area contributed by atoms with Crippen molar-refractivity contribution in [2.45, 2.75) is 44.0 Å². The second kappa shape index (κ2) is 11.4. The lowest BCUT2D eigenvalue weighted by atomic mass is 10.0. The van der Waals surface area contributed by atoms with E-state index in [9.17, 15) is 24.6 Å². The van der Waals surface area contributed by atoms with Gasteiger partial charge < -0.3 is 20.8 Å². The van der Waals surface area contributed by atoms with E-state index in [4.69, 9.17) is 0 Å². The Morgan fingerprint density at radius 3 is 2.13 bits per heavy atom. The highest BCUT2D eigenvalue weighted by Gasteiger charge is 2.30. The van der Waals surface area contributed by atoms with E-state index in [1.807, 2.05) is 13.8 Å².